The molecule has 1 atom stereocenters. The fraction of sp³-hybridized carbons (Fsp3) is 0.833. The first-order chi connectivity index (χ1) is 7.07. The fourth-order valence-electron chi connectivity index (χ4n) is 1.90. The Morgan fingerprint density at radius 1 is 1.60 bits per heavy atom. The van der Waals surface area contributed by atoms with E-state index in [1.807, 2.05) is 13.8 Å². The average molecular weight is 208 g/mol. The third-order valence-electron chi connectivity index (χ3n) is 3.09. The quantitative estimate of drug-likeness (QED) is 0.662. The summed E-state index contributed by atoms with van der Waals surface area (Å²) in [4.78, 5) is 13.0. The topological polar surface area (TPSA) is 44.1 Å². The SMILES string of the molecule is CC(C)(C#N)CCN1CCCC(C=O)C1. The van der Waals surface area contributed by atoms with Crippen molar-refractivity contribution in [2.45, 2.75) is 33.1 Å². The number of piperidine rings is 1. The number of nitriles is 1. The maximum absolute atomic E-state index is 10.7. The molecular weight excluding hydrogens is 188 g/mol. The zero-order valence-corrected chi connectivity index (χ0v) is 9.70. The highest BCUT2D eigenvalue weighted by Crippen LogP contribution is 2.21. The predicted molar refractivity (Wildman–Crippen MR) is 59.2 cm³/mol. The number of aldehydes is 1. The predicted octanol–water partition coefficient (Wildman–Crippen LogP) is 1.84. The van der Waals surface area contributed by atoms with Crippen molar-refractivity contribution >= 4 is 6.29 Å². The third-order valence-corrected chi connectivity index (χ3v) is 3.09. The Bertz CT molecular complexity index is 255. The van der Waals surface area contributed by atoms with Gasteiger partial charge in [-0.3, -0.25) is 0 Å². The zero-order chi connectivity index (χ0) is 11.3. The van der Waals surface area contributed by atoms with Gasteiger partial charge in [0.05, 0.1) is 11.5 Å². The van der Waals surface area contributed by atoms with E-state index in [4.69, 9.17) is 5.26 Å². The highest BCUT2D eigenvalue weighted by atomic mass is 16.1. The van der Waals surface area contributed by atoms with Gasteiger partial charge < -0.3 is 9.69 Å². The molecular formula is C12H20N2O. The molecule has 0 bridgehead atoms. The molecule has 3 nitrogen and oxygen atoms in total. The Hall–Kier alpha value is -0.880. The zero-order valence-electron chi connectivity index (χ0n) is 9.70. The van der Waals surface area contributed by atoms with Crippen molar-refractivity contribution in [1.82, 2.24) is 4.90 Å². The molecule has 0 saturated carbocycles. The van der Waals surface area contributed by atoms with Gasteiger partial charge in [0.2, 0.25) is 0 Å². The van der Waals surface area contributed by atoms with Gasteiger partial charge in [0, 0.05) is 12.5 Å². The minimum atomic E-state index is -0.242. The summed E-state index contributed by atoms with van der Waals surface area (Å²) < 4.78 is 0. The maximum Gasteiger partial charge on any atom is 0.124 e. The molecule has 1 rings (SSSR count). The van der Waals surface area contributed by atoms with E-state index in [1.165, 1.54) is 0 Å². The van der Waals surface area contributed by atoms with E-state index in [9.17, 15) is 4.79 Å². The third kappa shape index (κ3) is 4.01. The second kappa shape index (κ2) is 5.27. The monoisotopic (exact) mass is 208 g/mol. The molecule has 3 heteroatoms. The lowest BCUT2D eigenvalue weighted by Gasteiger charge is -2.31. The van der Waals surface area contributed by atoms with Gasteiger partial charge in [0.1, 0.15) is 6.29 Å². The van der Waals surface area contributed by atoms with Crippen molar-refractivity contribution in [3.63, 3.8) is 0 Å². The summed E-state index contributed by atoms with van der Waals surface area (Å²) in [5, 5.41) is 8.90. The number of carbonyl (C=O) groups is 1. The van der Waals surface area contributed by atoms with Crippen LogP contribution in [0.15, 0.2) is 0 Å². The Kier molecular flexibility index (Phi) is 4.28. The van der Waals surface area contributed by atoms with Crippen molar-refractivity contribution in [2.24, 2.45) is 11.3 Å². The van der Waals surface area contributed by atoms with Crippen LogP contribution in [-0.2, 0) is 4.79 Å². The molecule has 0 aromatic heterocycles. The van der Waals surface area contributed by atoms with Crippen LogP contribution >= 0.6 is 0 Å². The normalized spacial score (nSPS) is 23.4. The van der Waals surface area contributed by atoms with E-state index in [2.05, 4.69) is 11.0 Å². The molecule has 1 heterocycles. The first-order valence-electron chi connectivity index (χ1n) is 5.66. The van der Waals surface area contributed by atoms with Crippen molar-refractivity contribution in [2.75, 3.05) is 19.6 Å². The molecule has 0 N–H and O–H groups in total. The van der Waals surface area contributed by atoms with E-state index >= 15 is 0 Å². The summed E-state index contributed by atoms with van der Waals surface area (Å²) in [5.41, 5.74) is -0.242. The highest BCUT2D eigenvalue weighted by Gasteiger charge is 2.22. The van der Waals surface area contributed by atoms with Crippen molar-refractivity contribution in [3.8, 4) is 6.07 Å². The number of rotatable bonds is 4. The van der Waals surface area contributed by atoms with Gasteiger partial charge in [-0.2, -0.15) is 5.26 Å². The van der Waals surface area contributed by atoms with Gasteiger partial charge in [0.25, 0.3) is 0 Å². The van der Waals surface area contributed by atoms with Gasteiger partial charge in [-0.25, -0.2) is 0 Å². The van der Waals surface area contributed by atoms with Crippen LogP contribution in [0.25, 0.3) is 0 Å². The molecule has 1 unspecified atom stereocenters. The first kappa shape index (κ1) is 12.2. The van der Waals surface area contributed by atoms with Gasteiger partial charge in [-0.15, -0.1) is 0 Å². The standard InChI is InChI=1S/C12H20N2O/c1-12(2,10-13)5-7-14-6-3-4-11(8-14)9-15/h9,11H,3-8H2,1-2H3. The number of hydrogen-bond donors (Lipinski definition) is 0. The summed E-state index contributed by atoms with van der Waals surface area (Å²) in [6.07, 6.45) is 4.09. The summed E-state index contributed by atoms with van der Waals surface area (Å²) in [6.45, 7) is 6.82. The number of carbonyl (C=O) groups excluding carboxylic acids is 1. The molecule has 1 fully saturated rings. The summed E-state index contributed by atoms with van der Waals surface area (Å²) in [6, 6.07) is 2.31. The molecule has 15 heavy (non-hydrogen) atoms. The van der Waals surface area contributed by atoms with Crippen LogP contribution in [-0.4, -0.2) is 30.8 Å². The van der Waals surface area contributed by atoms with Gasteiger partial charge >= 0.3 is 0 Å². The minimum absolute atomic E-state index is 0.212. The molecule has 0 aromatic rings. The molecule has 84 valence electrons. The number of nitrogens with zero attached hydrogens (tertiary/aromatic N) is 2. The van der Waals surface area contributed by atoms with E-state index < -0.39 is 0 Å². The summed E-state index contributed by atoms with van der Waals surface area (Å²) in [7, 11) is 0. The smallest absolute Gasteiger partial charge is 0.124 e. The van der Waals surface area contributed by atoms with Crippen LogP contribution in [0.1, 0.15) is 33.1 Å². The summed E-state index contributed by atoms with van der Waals surface area (Å²) >= 11 is 0. The van der Waals surface area contributed by atoms with E-state index in [0.717, 1.165) is 45.2 Å². The Labute approximate surface area is 92.1 Å². The average Bonchev–Trinajstić information content (AvgIpc) is 2.27. The minimum Gasteiger partial charge on any atom is -0.303 e. The van der Waals surface area contributed by atoms with E-state index in [0.29, 0.717) is 0 Å². The molecule has 0 aliphatic carbocycles. The Morgan fingerprint density at radius 3 is 2.93 bits per heavy atom. The van der Waals surface area contributed by atoms with Crippen LogP contribution in [0.5, 0.6) is 0 Å². The lowest BCUT2D eigenvalue weighted by molar-refractivity contribution is -0.112. The number of likely N-dealkylation sites (tertiary alicyclic amines) is 1. The fourth-order valence-corrected chi connectivity index (χ4v) is 1.90. The summed E-state index contributed by atoms with van der Waals surface area (Å²) in [5.74, 6) is 0.212. The van der Waals surface area contributed by atoms with Crippen LogP contribution < -0.4 is 0 Å². The van der Waals surface area contributed by atoms with Gasteiger partial charge in [-0.1, -0.05) is 0 Å². The molecule has 0 aromatic carbocycles. The lowest BCUT2D eigenvalue weighted by Crippen LogP contribution is -2.37. The molecule has 1 saturated heterocycles. The molecule has 0 amide bonds. The highest BCUT2D eigenvalue weighted by molar-refractivity contribution is 5.53. The van der Waals surface area contributed by atoms with E-state index in [-0.39, 0.29) is 11.3 Å². The number of hydrogen-bond acceptors (Lipinski definition) is 3. The van der Waals surface area contributed by atoms with Crippen LogP contribution in [0, 0.1) is 22.7 Å². The Morgan fingerprint density at radius 2 is 2.33 bits per heavy atom. The molecule has 1 aliphatic heterocycles. The second-order valence-corrected chi connectivity index (χ2v) is 5.08. The molecule has 1 aliphatic rings. The lowest BCUT2D eigenvalue weighted by atomic mass is 9.90. The van der Waals surface area contributed by atoms with Crippen LogP contribution in [0.2, 0.25) is 0 Å². The second-order valence-electron chi connectivity index (χ2n) is 5.08. The molecule has 0 radical (unpaired) electrons. The maximum atomic E-state index is 10.7. The van der Waals surface area contributed by atoms with Gasteiger partial charge in [-0.05, 0) is 46.2 Å². The molecule has 0 spiro atoms. The van der Waals surface area contributed by atoms with E-state index in [1.54, 1.807) is 0 Å². The van der Waals surface area contributed by atoms with Crippen molar-refractivity contribution < 1.29 is 4.79 Å². The van der Waals surface area contributed by atoms with Crippen LogP contribution in [0.3, 0.4) is 0 Å². The first-order valence-corrected chi connectivity index (χ1v) is 5.66. The van der Waals surface area contributed by atoms with Crippen molar-refractivity contribution in [3.05, 3.63) is 0 Å². The largest absolute Gasteiger partial charge is 0.303 e. The Balaban J connectivity index is 2.33. The van der Waals surface area contributed by atoms with Crippen molar-refractivity contribution in [1.29, 1.82) is 5.26 Å². The van der Waals surface area contributed by atoms with Gasteiger partial charge in [0.15, 0.2) is 0 Å². The van der Waals surface area contributed by atoms with Crippen LogP contribution in [0.4, 0.5) is 0 Å².